The average Bonchev–Trinajstić information content (AvgIpc) is 3.41. The van der Waals surface area contributed by atoms with Crippen LogP contribution in [0.25, 0.3) is 22.2 Å². The maximum atomic E-state index is 14.7. The molecule has 0 atom stereocenters. The van der Waals surface area contributed by atoms with Gasteiger partial charge in [0.25, 0.3) is 5.91 Å². The fourth-order valence-corrected chi connectivity index (χ4v) is 10.2. The van der Waals surface area contributed by atoms with Gasteiger partial charge in [-0.1, -0.05) is 51.5 Å². The Morgan fingerprint density at radius 3 is 2.35 bits per heavy atom. The predicted molar refractivity (Wildman–Crippen MR) is 205 cm³/mol. The number of fused-ring (bicyclic) bond motifs is 1. The van der Waals surface area contributed by atoms with E-state index in [1.807, 2.05) is 18.2 Å². The van der Waals surface area contributed by atoms with E-state index in [0.717, 1.165) is 85.1 Å². The van der Waals surface area contributed by atoms with Crippen molar-refractivity contribution in [3.05, 3.63) is 53.1 Å². The number of sulfonamides is 1. The summed E-state index contributed by atoms with van der Waals surface area (Å²) in [5.74, 6) is 0.510. The number of ether oxygens (including phenoxy) is 1. The molecular weight excluding hydrogens is 661 g/mol. The lowest BCUT2D eigenvalue weighted by Gasteiger charge is -2.52. The third kappa shape index (κ3) is 7.59. The molecule has 10 heteroatoms. The maximum absolute atomic E-state index is 14.7. The lowest BCUT2D eigenvalue weighted by atomic mass is 9.78. The van der Waals surface area contributed by atoms with Gasteiger partial charge in [-0.2, -0.15) is 0 Å². The van der Waals surface area contributed by atoms with Gasteiger partial charge >= 0.3 is 0 Å². The Hall–Kier alpha value is -3.37. The van der Waals surface area contributed by atoms with Crippen LogP contribution in [-0.2, 0) is 21.4 Å². The number of likely N-dealkylation sites (N-methyl/N-ethyl adjacent to an activating group) is 1. The Bertz CT molecular complexity index is 1870. The monoisotopic (exact) mass is 718 g/mol. The van der Waals surface area contributed by atoms with E-state index in [0.29, 0.717) is 25.4 Å². The van der Waals surface area contributed by atoms with Crippen LogP contribution in [0.15, 0.2) is 36.4 Å². The molecule has 3 aliphatic rings. The van der Waals surface area contributed by atoms with Crippen molar-refractivity contribution < 1.29 is 22.7 Å². The molecule has 1 saturated heterocycles. The molecule has 1 N–H and O–H groups in total. The Morgan fingerprint density at radius 1 is 0.980 bits per heavy atom. The van der Waals surface area contributed by atoms with Gasteiger partial charge in [0.05, 0.1) is 24.0 Å². The summed E-state index contributed by atoms with van der Waals surface area (Å²) in [5.41, 5.74) is 4.90. The average molecular weight is 719 g/mol. The highest BCUT2D eigenvalue weighted by atomic mass is 32.2. The van der Waals surface area contributed by atoms with E-state index < -0.39 is 21.3 Å². The van der Waals surface area contributed by atoms with Gasteiger partial charge < -0.3 is 14.2 Å². The molecule has 9 nitrogen and oxygen atoms in total. The van der Waals surface area contributed by atoms with Crippen molar-refractivity contribution in [1.82, 2.24) is 19.1 Å². The number of aromatic nitrogens is 1. The van der Waals surface area contributed by atoms with E-state index in [1.54, 1.807) is 20.1 Å². The number of aryl methyl sites for hydroxylation is 1. The molecule has 3 aromatic rings. The molecule has 0 radical (unpaired) electrons. The minimum absolute atomic E-state index is 0.0439. The van der Waals surface area contributed by atoms with Crippen molar-refractivity contribution in [2.24, 2.45) is 5.41 Å². The number of methoxy groups -OCH3 is 1. The van der Waals surface area contributed by atoms with Crippen molar-refractivity contribution in [2.45, 2.75) is 116 Å². The zero-order valence-electron chi connectivity index (χ0n) is 31.6. The molecule has 6 rings (SSSR count). The van der Waals surface area contributed by atoms with Crippen LogP contribution in [0, 0.1) is 12.3 Å². The predicted octanol–water partition coefficient (Wildman–Crippen LogP) is 7.65. The van der Waals surface area contributed by atoms with Crippen LogP contribution in [-0.4, -0.2) is 79.7 Å². The first-order chi connectivity index (χ1) is 24.3. The molecule has 2 heterocycles. The molecule has 1 aliphatic heterocycles. The number of hydrogen-bond acceptors (Lipinski definition) is 6. The molecule has 51 heavy (non-hydrogen) atoms. The molecule has 2 saturated carbocycles. The van der Waals surface area contributed by atoms with Gasteiger partial charge in [-0.05, 0) is 107 Å². The second-order valence-electron chi connectivity index (χ2n) is 16.2. The molecule has 2 aromatic carbocycles. The second-order valence-corrected chi connectivity index (χ2v) is 18.0. The van der Waals surface area contributed by atoms with Crippen molar-refractivity contribution in [3.63, 3.8) is 0 Å². The summed E-state index contributed by atoms with van der Waals surface area (Å²) in [6.45, 7) is 10.8. The van der Waals surface area contributed by atoms with Crippen LogP contribution < -0.4 is 9.46 Å². The highest BCUT2D eigenvalue weighted by Gasteiger charge is 2.45. The van der Waals surface area contributed by atoms with E-state index in [4.69, 9.17) is 4.74 Å². The SMILES string of the molecule is CCCS(=O)(=O)NC(=O)c1ccc2c(C3CCCCC3)c(-c3ccc(OC)cc3C)n(CC(C)(C)C(=O)N3CCN(C)C4(CCCCC4)C3)c2c1. The van der Waals surface area contributed by atoms with Crippen molar-refractivity contribution in [1.29, 1.82) is 0 Å². The van der Waals surface area contributed by atoms with Crippen LogP contribution >= 0.6 is 0 Å². The number of carbonyl (C=O) groups excluding carboxylic acids is 2. The fourth-order valence-electron chi connectivity index (χ4n) is 9.20. The molecule has 3 fully saturated rings. The van der Waals surface area contributed by atoms with Crippen molar-refractivity contribution in [3.8, 4) is 17.0 Å². The molecule has 2 amide bonds. The lowest BCUT2D eigenvalue weighted by molar-refractivity contribution is -0.147. The minimum Gasteiger partial charge on any atom is -0.497 e. The van der Waals surface area contributed by atoms with Crippen LogP contribution in [0.5, 0.6) is 5.75 Å². The Morgan fingerprint density at radius 2 is 1.69 bits per heavy atom. The minimum atomic E-state index is -3.76. The van der Waals surface area contributed by atoms with Crippen LogP contribution in [0.1, 0.15) is 119 Å². The van der Waals surface area contributed by atoms with E-state index in [-0.39, 0.29) is 22.8 Å². The summed E-state index contributed by atoms with van der Waals surface area (Å²) < 4.78 is 35.4. The molecule has 2 aliphatic carbocycles. The van der Waals surface area contributed by atoms with Gasteiger partial charge in [0.15, 0.2) is 0 Å². The van der Waals surface area contributed by atoms with Gasteiger partial charge in [0.2, 0.25) is 15.9 Å². The largest absolute Gasteiger partial charge is 0.497 e. The van der Waals surface area contributed by atoms with E-state index in [2.05, 4.69) is 59.0 Å². The number of carbonyl (C=O) groups is 2. The molecule has 0 bridgehead atoms. The Labute approximate surface area is 305 Å². The van der Waals surface area contributed by atoms with Crippen LogP contribution in [0.4, 0.5) is 0 Å². The smallest absolute Gasteiger partial charge is 0.264 e. The summed E-state index contributed by atoms with van der Waals surface area (Å²) in [4.78, 5) is 32.8. The molecular formula is C41H58N4O5S. The quantitative estimate of drug-likeness (QED) is 0.231. The van der Waals surface area contributed by atoms with Gasteiger partial charge in [-0.15, -0.1) is 0 Å². The Kier molecular flexibility index (Phi) is 10.9. The third-order valence-electron chi connectivity index (χ3n) is 12.0. The van der Waals surface area contributed by atoms with E-state index >= 15 is 0 Å². The number of nitrogens with zero attached hydrogens (tertiary/aromatic N) is 3. The topological polar surface area (TPSA) is 101 Å². The second kappa shape index (κ2) is 14.9. The highest BCUT2D eigenvalue weighted by Crippen LogP contribution is 2.47. The van der Waals surface area contributed by atoms with Gasteiger partial charge in [-0.3, -0.25) is 14.5 Å². The third-order valence-corrected chi connectivity index (χ3v) is 13.4. The molecule has 278 valence electrons. The summed E-state index contributed by atoms with van der Waals surface area (Å²) in [5, 5.41) is 1.06. The lowest BCUT2D eigenvalue weighted by Crippen LogP contribution is -2.64. The van der Waals surface area contributed by atoms with Gasteiger partial charge in [-0.25, -0.2) is 13.1 Å². The number of hydrogen-bond donors (Lipinski definition) is 1. The van der Waals surface area contributed by atoms with Gasteiger partial charge in [0.1, 0.15) is 5.75 Å². The van der Waals surface area contributed by atoms with Gasteiger partial charge in [0, 0.05) is 53.7 Å². The zero-order chi connectivity index (χ0) is 36.6. The number of nitrogens with one attached hydrogen (secondary N) is 1. The van der Waals surface area contributed by atoms with Crippen molar-refractivity contribution >= 4 is 32.7 Å². The summed E-state index contributed by atoms with van der Waals surface area (Å²) in [6, 6.07) is 11.8. The Balaban J connectivity index is 1.49. The van der Waals surface area contributed by atoms with E-state index in [1.165, 1.54) is 31.2 Å². The van der Waals surface area contributed by atoms with Crippen LogP contribution in [0.2, 0.25) is 0 Å². The van der Waals surface area contributed by atoms with Crippen molar-refractivity contribution in [2.75, 3.05) is 39.5 Å². The molecule has 0 unspecified atom stereocenters. The fraction of sp³-hybridized carbons (Fsp3) is 0.610. The number of benzene rings is 2. The number of piperazine rings is 1. The first-order valence-corrected chi connectivity index (χ1v) is 20.8. The first kappa shape index (κ1) is 37.4. The summed E-state index contributed by atoms with van der Waals surface area (Å²) >= 11 is 0. The normalized spacial score (nSPS) is 19.1. The van der Waals surface area contributed by atoms with Crippen LogP contribution in [0.3, 0.4) is 0 Å². The standard InChI is InChI=1S/C41H58N4O5S/c1-7-24-51(48,49)42-38(46)31-16-18-34-35(26-31)45(27-40(3,4)39(47)44-23-22-43(5)41(28-44)20-12-9-13-21-41)37(36(34)30-14-10-8-11-15-30)33-19-17-32(50-6)25-29(33)2/h16-19,25-26,30H,7-15,20-24,27-28H2,1-6H3,(H,42,46). The number of amides is 2. The first-order valence-electron chi connectivity index (χ1n) is 19.2. The zero-order valence-corrected chi connectivity index (χ0v) is 32.5. The molecule has 1 spiro atoms. The van der Waals surface area contributed by atoms with E-state index in [9.17, 15) is 18.0 Å². The number of rotatable bonds is 10. The highest BCUT2D eigenvalue weighted by molar-refractivity contribution is 7.90. The summed E-state index contributed by atoms with van der Waals surface area (Å²) in [6.07, 6.45) is 12.0. The molecule has 1 aromatic heterocycles. The summed E-state index contributed by atoms with van der Waals surface area (Å²) in [7, 11) is 0.143. The maximum Gasteiger partial charge on any atom is 0.264 e.